The van der Waals surface area contributed by atoms with Gasteiger partial charge in [0, 0.05) is 45.2 Å². The molecule has 0 aromatic rings. The summed E-state index contributed by atoms with van der Waals surface area (Å²) in [6.07, 6.45) is 10.4. The summed E-state index contributed by atoms with van der Waals surface area (Å²) in [7, 11) is 0. The van der Waals surface area contributed by atoms with Gasteiger partial charge in [-0.3, -0.25) is 47.9 Å². The van der Waals surface area contributed by atoms with Crippen LogP contribution < -0.4 is 0 Å². The lowest BCUT2D eigenvalue weighted by Gasteiger charge is -2.26. The van der Waals surface area contributed by atoms with E-state index in [-0.39, 0.29) is 67.1 Å². The number of halogens is 20. The summed E-state index contributed by atoms with van der Waals surface area (Å²) in [4.78, 5) is 103. The number of alkyl halides is 10. The molecule has 458 valence electrons. The maximum atomic E-state index is 10.8. The lowest BCUT2D eigenvalue weighted by atomic mass is 9.89. The van der Waals surface area contributed by atoms with Crippen LogP contribution >= 0.6 is 326 Å². The lowest BCUT2D eigenvalue weighted by Crippen LogP contribution is -2.31. The smallest absolute Gasteiger partial charge is 0.242 e. The summed E-state index contributed by atoms with van der Waals surface area (Å²) >= 11 is 69.4. The standard InChI is InChI=1S/C7H10Cl2O.C6H10Br2O.C6H8BrClO.C4H6Br2O.2C4H6BrClO.2C4H6BrIO.C4H6ClIO.C4H6I2O/c8-6(10)7(9)4-2-1-3-5-7;1-3-6(8,4-2)5(7)9;7-6(5(8)9)3-1-2-4-6;1-4(2,6)3(5)7;1-4(2,5)3(6)7;1-4(2,6)3(5)7;1-4(2,5)3(6)7;3*1-4(2,6)3(5)7/h1-5H2;3-4H2,1-2H3;1-4H2;7*1-2H3. The Labute approximate surface area is 633 Å². The van der Waals surface area contributed by atoms with Crippen LogP contribution in [0.2, 0.25) is 0 Å². The fraction of sp³-hybridized carbons (Fsp3) is 0.787. The molecule has 2 rings (SSSR count). The van der Waals surface area contributed by atoms with Crippen molar-refractivity contribution < 1.29 is 47.9 Å². The Kier molecular flexibility index (Phi) is 61.2. The van der Waals surface area contributed by atoms with Gasteiger partial charge in [-0.05, 0) is 246 Å². The Morgan fingerprint density at radius 1 is 0.442 bits per heavy atom. The highest BCUT2D eigenvalue weighted by Crippen LogP contribution is 2.39. The van der Waals surface area contributed by atoms with Gasteiger partial charge < -0.3 is 0 Å². The molecule has 10 nitrogen and oxygen atoms in total. The maximum Gasteiger partial charge on any atom is 0.242 e. The number of carbonyl (C=O) groups is 10. The van der Waals surface area contributed by atoms with E-state index in [4.69, 9.17) is 69.6 Å². The second kappa shape index (κ2) is 47.3. The molecular formula is C47H70Br9Cl6I5O10. The van der Waals surface area contributed by atoms with Gasteiger partial charge in [-0.25, -0.2) is 0 Å². The van der Waals surface area contributed by atoms with Crippen LogP contribution in [-0.4, -0.2) is 89.0 Å². The molecule has 0 aliphatic heterocycles. The molecule has 2 aliphatic rings. The van der Waals surface area contributed by atoms with Crippen LogP contribution in [-0.2, 0) is 47.9 Å². The van der Waals surface area contributed by atoms with E-state index in [0.29, 0.717) is 0 Å². The minimum Gasteiger partial charge on any atom is -0.286 e. The molecular weight excluding hydrogens is 2290 g/mol. The highest BCUT2D eigenvalue weighted by atomic mass is 127. The van der Waals surface area contributed by atoms with Gasteiger partial charge in [0.25, 0.3) is 0 Å². The van der Waals surface area contributed by atoms with Gasteiger partial charge in [0.2, 0.25) is 47.3 Å². The zero-order valence-electron chi connectivity index (χ0n) is 45.4. The summed E-state index contributed by atoms with van der Waals surface area (Å²) in [6.45, 7) is 28.8. The van der Waals surface area contributed by atoms with Gasteiger partial charge in [-0.15, -0.1) is 23.2 Å². The van der Waals surface area contributed by atoms with Crippen molar-refractivity contribution in [1.82, 2.24) is 0 Å². The zero-order chi connectivity index (χ0) is 64.6. The lowest BCUT2D eigenvalue weighted by molar-refractivity contribution is -0.115. The zero-order valence-corrected chi connectivity index (χ0v) is 75.0. The topological polar surface area (TPSA) is 171 Å². The molecule has 2 aliphatic carbocycles. The third kappa shape index (κ3) is 63.8. The molecule has 0 aromatic heterocycles. The van der Waals surface area contributed by atoms with Gasteiger partial charge in [0.05, 0.1) is 31.9 Å². The third-order valence-electron chi connectivity index (χ3n) is 8.49. The number of rotatable bonds is 12. The molecule has 0 heterocycles. The number of hydrogen-bond donors (Lipinski definition) is 0. The minimum absolute atomic E-state index is 0.0278. The van der Waals surface area contributed by atoms with Crippen LogP contribution in [0.5, 0.6) is 0 Å². The van der Waals surface area contributed by atoms with Crippen molar-refractivity contribution in [1.29, 1.82) is 0 Å². The first-order valence-corrected chi connectivity index (χ1v) is 37.2. The Morgan fingerprint density at radius 3 is 0.740 bits per heavy atom. The van der Waals surface area contributed by atoms with Crippen molar-refractivity contribution in [3.05, 3.63) is 0 Å². The van der Waals surface area contributed by atoms with Gasteiger partial charge in [0.1, 0.15) is 9.75 Å². The van der Waals surface area contributed by atoms with Crippen molar-refractivity contribution in [2.75, 3.05) is 0 Å². The molecule has 0 atom stereocenters. The molecule has 0 unspecified atom stereocenters. The summed E-state index contributed by atoms with van der Waals surface area (Å²) in [5.74, 6) is 0. The fourth-order valence-corrected chi connectivity index (χ4v) is 4.74. The van der Waals surface area contributed by atoms with E-state index in [1.54, 1.807) is 101 Å². The normalized spacial score (nSPS) is 14.6. The average Bonchev–Trinajstić information content (AvgIpc) is 3.68. The first-order chi connectivity index (χ1) is 33.5. The van der Waals surface area contributed by atoms with Crippen LogP contribution in [0.4, 0.5) is 0 Å². The molecule has 0 bridgehead atoms. The molecule has 0 spiro atoms. The van der Waals surface area contributed by atoms with Crippen LogP contribution in [0.15, 0.2) is 0 Å². The van der Waals surface area contributed by atoms with Crippen molar-refractivity contribution in [3.63, 3.8) is 0 Å². The summed E-state index contributed by atoms with van der Waals surface area (Å²) in [6, 6.07) is 0. The molecule has 30 heteroatoms. The van der Waals surface area contributed by atoms with Crippen molar-refractivity contribution >= 4 is 373 Å². The Morgan fingerprint density at radius 2 is 0.675 bits per heavy atom. The van der Waals surface area contributed by atoms with E-state index in [0.717, 1.165) is 64.2 Å². The fourth-order valence-electron chi connectivity index (χ4n) is 2.97. The van der Waals surface area contributed by atoms with E-state index in [9.17, 15) is 47.9 Å². The summed E-state index contributed by atoms with van der Waals surface area (Å²) in [5.41, 5.74) is 0. The SMILES string of the molecule is CC(C)(Br)C(=O)Br.CC(C)(Br)C(=O)Cl.CC(C)(Br)C(=O)I.CC(C)(Cl)C(=O)Br.CC(C)(I)C(=O)Br.CC(C)(I)C(=O)Cl.CC(C)(I)C(=O)I.CCC(Br)(CC)C(=O)Br.O=C(Cl)C1(Br)CCCC1.O=C(Cl)C1(Cl)CCCCC1. The quantitative estimate of drug-likeness (QED) is 0.104. The van der Waals surface area contributed by atoms with Crippen LogP contribution in [0, 0.1) is 0 Å². The first-order valence-electron chi connectivity index (χ1n) is 22.4. The van der Waals surface area contributed by atoms with E-state index in [2.05, 4.69) is 189 Å². The molecule has 0 aromatic carbocycles. The monoisotopic (exact) mass is 2350 g/mol. The second-order valence-corrected chi connectivity index (χ2v) is 44.4. The molecule has 0 amide bonds. The molecule has 0 radical (unpaired) electrons. The Bertz CT molecular complexity index is 1600. The van der Waals surface area contributed by atoms with E-state index in [1.165, 1.54) is 6.42 Å². The summed E-state index contributed by atoms with van der Waals surface area (Å²) < 4.78 is -2.63. The van der Waals surface area contributed by atoms with Gasteiger partial charge >= 0.3 is 0 Å². The Hall–Kier alpha value is 6.41. The van der Waals surface area contributed by atoms with Gasteiger partial charge in [-0.1, -0.05) is 193 Å². The Balaban J connectivity index is -0.000000115. The van der Waals surface area contributed by atoms with E-state index < -0.39 is 21.8 Å². The number of hydrogen-bond acceptors (Lipinski definition) is 10. The van der Waals surface area contributed by atoms with E-state index >= 15 is 0 Å². The predicted octanol–water partition coefficient (Wildman–Crippen LogP) is 22.3. The van der Waals surface area contributed by atoms with Crippen molar-refractivity contribution in [3.8, 4) is 0 Å². The number of carbonyl (C=O) groups excluding carboxylic acids is 10. The minimum atomic E-state index is -0.750. The molecule has 0 saturated heterocycles. The van der Waals surface area contributed by atoms with Crippen LogP contribution in [0.3, 0.4) is 0 Å². The summed E-state index contributed by atoms with van der Waals surface area (Å²) in [5, 5.41) is -1.28. The van der Waals surface area contributed by atoms with Gasteiger partial charge in [0.15, 0.2) is 0 Å². The third-order valence-corrected chi connectivity index (χ3v) is 27.2. The largest absolute Gasteiger partial charge is 0.286 e. The first kappa shape index (κ1) is 99.6. The molecule has 2 saturated carbocycles. The maximum absolute atomic E-state index is 10.8. The second-order valence-electron chi connectivity index (χ2n) is 19.4. The molecule has 77 heavy (non-hydrogen) atoms. The highest BCUT2D eigenvalue weighted by molar-refractivity contribution is 14.1. The van der Waals surface area contributed by atoms with Crippen LogP contribution in [0.25, 0.3) is 0 Å². The van der Waals surface area contributed by atoms with Gasteiger partial charge in [-0.2, -0.15) is 0 Å². The van der Waals surface area contributed by atoms with Crippen molar-refractivity contribution in [2.45, 2.75) is 223 Å². The predicted molar refractivity (Wildman–Crippen MR) is 405 cm³/mol. The van der Waals surface area contributed by atoms with Crippen LogP contribution in [0.1, 0.15) is 181 Å². The molecule has 0 N–H and O–H groups in total. The van der Waals surface area contributed by atoms with Crippen molar-refractivity contribution in [2.24, 2.45) is 0 Å². The molecule has 2 fully saturated rings. The highest BCUT2D eigenvalue weighted by Gasteiger charge is 2.37. The average molecular weight is 2360 g/mol. The van der Waals surface area contributed by atoms with E-state index in [1.807, 2.05) is 78.0 Å².